The highest BCUT2D eigenvalue weighted by atomic mass is 32.1. The average Bonchev–Trinajstić information content (AvgIpc) is 3.52. The Labute approximate surface area is 202 Å². The third kappa shape index (κ3) is 5.02. The van der Waals surface area contributed by atoms with Crippen molar-refractivity contribution in [3.8, 4) is 10.4 Å². The van der Waals surface area contributed by atoms with Crippen molar-refractivity contribution in [3.63, 3.8) is 0 Å². The summed E-state index contributed by atoms with van der Waals surface area (Å²) in [6.45, 7) is 7.86. The lowest BCUT2D eigenvalue weighted by molar-refractivity contribution is -0.140. The summed E-state index contributed by atoms with van der Waals surface area (Å²) in [4.78, 5) is 37.5. The van der Waals surface area contributed by atoms with Gasteiger partial charge < -0.3 is 19.8 Å². The molecule has 0 aliphatic carbocycles. The molecule has 1 aliphatic heterocycles. The zero-order chi connectivity index (χ0) is 24.4. The van der Waals surface area contributed by atoms with Crippen LogP contribution in [0, 0.1) is 19.8 Å². The predicted octanol–water partition coefficient (Wildman–Crippen LogP) is 2.83. The van der Waals surface area contributed by atoms with Crippen LogP contribution in [0.25, 0.3) is 10.4 Å². The second kappa shape index (κ2) is 10.0. The number of benzene rings is 1. The minimum atomic E-state index is -0.763. The first kappa shape index (κ1) is 24.0. The number of amides is 2. The van der Waals surface area contributed by atoms with Crippen molar-refractivity contribution < 1.29 is 19.2 Å². The molecule has 2 aromatic heterocycles. The summed E-state index contributed by atoms with van der Waals surface area (Å²) in [7, 11) is 0. The van der Waals surface area contributed by atoms with Gasteiger partial charge >= 0.3 is 0 Å². The van der Waals surface area contributed by atoms with Crippen molar-refractivity contribution in [2.45, 2.75) is 58.7 Å². The molecule has 0 bridgehead atoms. The van der Waals surface area contributed by atoms with Crippen molar-refractivity contribution >= 4 is 23.2 Å². The number of rotatable bonds is 7. The van der Waals surface area contributed by atoms with Crippen LogP contribution in [0.4, 0.5) is 0 Å². The normalized spacial score (nSPS) is 18.9. The van der Waals surface area contributed by atoms with E-state index in [-0.39, 0.29) is 30.7 Å². The molecular formula is C24H29N5O4S. The van der Waals surface area contributed by atoms with Crippen LogP contribution >= 0.6 is 11.3 Å². The van der Waals surface area contributed by atoms with Crippen LogP contribution in [-0.2, 0) is 16.1 Å². The third-order valence-electron chi connectivity index (χ3n) is 6.05. The van der Waals surface area contributed by atoms with Gasteiger partial charge in [-0.25, -0.2) is 4.98 Å². The summed E-state index contributed by atoms with van der Waals surface area (Å²) in [6, 6.07) is 7.20. The zero-order valence-electron chi connectivity index (χ0n) is 19.7. The molecule has 1 unspecified atom stereocenters. The molecule has 1 aromatic carbocycles. The van der Waals surface area contributed by atoms with E-state index >= 15 is 0 Å². The van der Waals surface area contributed by atoms with Gasteiger partial charge in [-0.05, 0) is 24.0 Å². The van der Waals surface area contributed by atoms with Crippen LogP contribution in [0.2, 0.25) is 0 Å². The number of likely N-dealkylation sites (tertiary alicyclic amines) is 1. The van der Waals surface area contributed by atoms with E-state index in [2.05, 4.69) is 20.4 Å². The zero-order valence-corrected chi connectivity index (χ0v) is 20.5. The Morgan fingerprint density at radius 1 is 1.26 bits per heavy atom. The molecule has 0 saturated carbocycles. The first-order valence-electron chi connectivity index (χ1n) is 11.3. The first-order chi connectivity index (χ1) is 16.2. The first-order valence-corrected chi connectivity index (χ1v) is 12.2. The van der Waals surface area contributed by atoms with E-state index in [1.165, 1.54) is 4.90 Å². The second-order valence-corrected chi connectivity index (χ2v) is 9.83. The molecule has 3 atom stereocenters. The molecule has 3 heterocycles. The van der Waals surface area contributed by atoms with Crippen LogP contribution < -0.4 is 5.32 Å². The van der Waals surface area contributed by atoms with Crippen LogP contribution in [0.5, 0.6) is 0 Å². The summed E-state index contributed by atoms with van der Waals surface area (Å²) in [5.41, 5.74) is 4.84. The summed E-state index contributed by atoms with van der Waals surface area (Å²) < 4.78 is 5.07. The molecule has 1 fully saturated rings. The second-order valence-electron chi connectivity index (χ2n) is 8.97. The smallest absolute Gasteiger partial charge is 0.243 e. The number of aromatic nitrogens is 3. The van der Waals surface area contributed by atoms with Crippen molar-refractivity contribution in [2.75, 3.05) is 6.54 Å². The number of aliphatic hydroxyl groups is 1. The Bertz CT molecular complexity index is 1160. The van der Waals surface area contributed by atoms with Gasteiger partial charge in [0.25, 0.3) is 0 Å². The fraction of sp³-hybridized carbons (Fsp3) is 0.458. The molecule has 10 heteroatoms. The molecule has 34 heavy (non-hydrogen) atoms. The Balaban J connectivity index is 1.43. The Hall–Kier alpha value is -3.11. The summed E-state index contributed by atoms with van der Waals surface area (Å²) in [6.07, 6.45) is -0.571. The highest BCUT2D eigenvalue weighted by molar-refractivity contribution is 7.13. The number of thiazole rings is 1. The number of nitrogens with zero attached hydrogens (tertiary/aromatic N) is 4. The number of carbonyl (C=O) groups is 2. The molecule has 4 rings (SSSR count). The highest BCUT2D eigenvalue weighted by Crippen LogP contribution is 2.30. The molecule has 180 valence electrons. The van der Waals surface area contributed by atoms with Gasteiger partial charge in [-0.15, -0.1) is 11.3 Å². The SMILES string of the molecule is Cc1nc(C(C(=O)N2C[C@H](O)C[C@H]2C(=O)NCc2ccc(-c3scnc3C)cc2)C(C)C)no1. The third-order valence-corrected chi connectivity index (χ3v) is 7.02. The summed E-state index contributed by atoms with van der Waals surface area (Å²) in [5, 5.41) is 17.1. The van der Waals surface area contributed by atoms with Crippen LogP contribution in [0.3, 0.4) is 0 Å². The monoisotopic (exact) mass is 483 g/mol. The van der Waals surface area contributed by atoms with Gasteiger partial charge in [0, 0.05) is 26.4 Å². The molecule has 9 nitrogen and oxygen atoms in total. The topological polar surface area (TPSA) is 121 Å². The maximum atomic E-state index is 13.4. The fourth-order valence-electron chi connectivity index (χ4n) is 4.28. The quantitative estimate of drug-likeness (QED) is 0.530. The molecule has 2 N–H and O–H groups in total. The number of aliphatic hydroxyl groups excluding tert-OH is 1. The van der Waals surface area contributed by atoms with Crippen LogP contribution in [0.15, 0.2) is 34.3 Å². The lowest BCUT2D eigenvalue weighted by Crippen LogP contribution is -2.48. The Kier molecular flexibility index (Phi) is 7.08. The van der Waals surface area contributed by atoms with Crippen LogP contribution in [-0.4, -0.2) is 55.6 Å². The summed E-state index contributed by atoms with van der Waals surface area (Å²) >= 11 is 1.59. The standard InChI is InChI=1S/C24H29N5O4S/c1-13(2)20(22-27-15(4)33-28-22)24(32)29-11-18(30)9-19(29)23(31)25-10-16-5-7-17(8-6-16)21-14(3)26-12-34-21/h5-8,12-13,18-20,30H,9-11H2,1-4H3,(H,25,31)/t18-,19+,20?/m1/s1. The molecule has 0 spiro atoms. The van der Waals surface area contributed by atoms with E-state index in [4.69, 9.17) is 4.52 Å². The fourth-order valence-corrected chi connectivity index (χ4v) is 5.09. The van der Waals surface area contributed by atoms with Gasteiger partial charge in [0.05, 0.1) is 22.2 Å². The lowest BCUT2D eigenvalue weighted by atomic mass is 9.93. The maximum Gasteiger partial charge on any atom is 0.243 e. The highest BCUT2D eigenvalue weighted by Gasteiger charge is 2.43. The van der Waals surface area contributed by atoms with E-state index in [1.807, 2.05) is 50.5 Å². The van der Waals surface area contributed by atoms with Crippen molar-refractivity contribution in [2.24, 2.45) is 5.92 Å². The molecule has 1 aliphatic rings. The van der Waals surface area contributed by atoms with E-state index in [0.29, 0.717) is 18.3 Å². The van der Waals surface area contributed by atoms with Gasteiger partial charge in [-0.1, -0.05) is 43.3 Å². The number of nitrogens with one attached hydrogen (secondary N) is 1. The number of hydrogen-bond donors (Lipinski definition) is 2. The van der Waals surface area contributed by atoms with E-state index in [9.17, 15) is 14.7 Å². The molecule has 3 aromatic rings. The molecule has 2 amide bonds. The summed E-state index contributed by atoms with van der Waals surface area (Å²) in [5.74, 6) is -0.654. The number of hydrogen-bond acceptors (Lipinski definition) is 8. The number of β-amino-alcohol motifs (C(OH)–C–C–N with tert-alkyl or cyclic N) is 1. The van der Waals surface area contributed by atoms with Gasteiger partial charge in [-0.3, -0.25) is 9.59 Å². The largest absolute Gasteiger partial charge is 0.391 e. The van der Waals surface area contributed by atoms with Crippen molar-refractivity contribution in [3.05, 3.63) is 52.7 Å². The predicted molar refractivity (Wildman–Crippen MR) is 127 cm³/mol. The number of carbonyl (C=O) groups excluding carboxylic acids is 2. The Morgan fingerprint density at radius 2 is 2.00 bits per heavy atom. The molecule has 0 radical (unpaired) electrons. The molecular weight excluding hydrogens is 454 g/mol. The minimum Gasteiger partial charge on any atom is -0.391 e. The van der Waals surface area contributed by atoms with E-state index in [1.54, 1.807) is 18.3 Å². The van der Waals surface area contributed by atoms with E-state index in [0.717, 1.165) is 21.7 Å². The van der Waals surface area contributed by atoms with Crippen LogP contribution in [0.1, 0.15) is 49.2 Å². The van der Waals surface area contributed by atoms with E-state index < -0.39 is 18.1 Å². The minimum absolute atomic E-state index is 0.0971. The van der Waals surface area contributed by atoms with Gasteiger partial charge in [-0.2, -0.15) is 4.98 Å². The average molecular weight is 484 g/mol. The van der Waals surface area contributed by atoms with Crippen molar-refractivity contribution in [1.29, 1.82) is 0 Å². The lowest BCUT2D eigenvalue weighted by Gasteiger charge is -2.28. The Morgan fingerprint density at radius 3 is 2.59 bits per heavy atom. The van der Waals surface area contributed by atoms with Gasteiger partial charge in [0.1, 0.15) is 12.0 Å². The molecule has 1 saturated heterocycles. The number of aryl methyl sites for hydroxylation is 2. The van der Waals surface area contributed by atoms with Gasteiger partial charge in [0.2, 0.25) is 17.7 Å². The maximum absolute atomic E-state index is 13.4. The van der Waals surface area contributed by atoms with Crippen molar-refractivity contribution in [1.82, 2.24) is 25.3 Å². The van der Waals surface area contributed by atoms with Gasteiger partial charge in [0.15, 0.2) is 5.82 Å².